The third-order valence-corrected chi connectivity index (χ3v) is 21.4. The monoisotopic (exact) mass is 982 g/mol. The van der Waals surface area contributed by atoms with E-state index in [1.165, 1.54) is 109 Å². The van der Waals surface area contributed by atoms with Gasteiger partial charge >= 0.3 is 0 Å². The minimum absolute atomic E-state index is 0.462. The molecule has 0 radical (unpaired) electrons. The summed E-state index contributed by atoms with van der Waals surface area (Å²) in [5.41, 5.74) is 16.8. The second kappa shape index (κ2) is 17.6. The maximum Gasteiger partial charge on any atom is 0.179 e. The lowest BCUT2D eigenvalue weighted by atomic mass is 9.67. The van der Waals surface area contributed by atoms with Crippen molar-refractivity contribution in [3.63, 3.8) is 0 Å². The fourth-order valence-corrected chi connectivity index (χ4v) is 18.2. The number of hydrogen-bond acceptors (Lipinski definition) is 0. The van der Waals surface area contributed by atoms with Gasteiger partial charge in [0, 0.05) is 32.9 Å². The van der Waals surface area contributed by atoms with Crippen LogP contribution in [0.5, 0.6) is 0 Å². The third-order valence-electron chi connectivity index (χ3n) is 16.6. The summed E-state index contributed by atoms with van der Waals surface area (Å²) in [6.45, 7) is 0. The van der Waals surface area contributed by atoms with Gasteiger partial charge in [-0.2, -0.15) is 0 Å². The molecular formula is C73H50N2Si. The lowest BCUT2D eigenvalue weighted by Crippen LogP contribution is -2.74. The zero-order valence-electron chi connectivity index (χ0n) is 41.8. The summed E-state index contributed by atoms with van der Waals surface area (Å²) in [5, 5.41) is 10.4. The number of benzene rings is 12. The van der Waals surface area contributed by atoms with E-state index in [0.717, 1.165) is 11.4 Å². The van der Waals surface area contributed by atoms with Crippen LogP contribution in [0, 0.1) is 0 Å². The highest BCUT2D eigenvalue weighted by molar-refractivity contribution is 7.19. The third kappa shape index (κ3) is 6.40. The van der Waals surface area contributed by atoms with Crippen LogP contribution in [0.15, 0.2) is 303 Å². The molecule has 12 aromatic carbocycles. The van der Waals surface area contributed by atoms with Gasteiger partial charge in [-0.15, -0.1) is 0 Å². The molecule has 1 aliphatic carbocycles. The largest absolute Gasteiger partial charge is 0.309 e. The van der Waals surface area contributed by atoms with Crippen LogP contribution >= 0.6 is 0 Å². The number of fused-ring (bicyclic) bond motifs is 9. The molecule has 2 nitrogen and oxygen atoms in total. The van der Waals surface area contributed by atoms with Crippen LogP contribution in [0.25, 0.3) is 77.2 Å². The molecule has 14 aromatic rings. The first-order valence-electron chi connectivity index (χ1n) is 26.4. The molecule has 0 spiro atoms. The Bertz CT molecular complexity index is 4350. The average molecular weight is 983 g/mol. The molecular weight excluding hydrogens is 933 g/mol. The normalized spacial score (nSPS) is 12.8. The van der Waals surface area contributed by atoms with Gasteiger partial charge in [-0.25, -0.2) is 0 Å². The Morgan fingerprint density at radius 2 is 0.671 bits per heavy atom. The van der Waals surface area contributed by atoms with E-state index in [9.17, 15) is 0 Å². The van der Waals surface area contributed by atoms with Crippen LogP contribution in [0.2, 0.25) is 0 Å². The number of para-hydroxylation sites is 2. The molecule has 0 aliphatic heterocycles. The van der Waals surface area contributed by atoms with Gasteiger partial charge in [0.2, 0.25) is 0 Å². The van der Waals surface area contributed by atoms with Crippen LogP contribution in [0.3, 0.4) is 0 Å². The van der Waals surface area contributed by atoms with Crippen molar-refractivity contribution in [2.75, 3.05) is 0 Å². The van der Waals surface area contributed by atoms with E-state index in [-0.39, 0.29) is 0 Å². The van der Waals surface area contributed by atoms with Crippen molar-refractivity contribution in [2.45, 2.75) is 5.41 Å². The smallest absolute Gasteiger partial charge is 0.179 e. The first-order chi connectivity index (χ1) is 37.7. The van der Waals surface area contributed by atoms with Gasteiger partial charge in [0.25, 0.3) is 0 Å². The molecule has 0 atom stereocenters. The quantitative estimate of drug-likeness (QED) is 0.101. The lowest BCUT2D eigenvalue weighted by molar-refractivity contribution is 0.768. The Hall–Kier alpha value is -9.54. The van der Waals surface area contributed by atoms with Crippen LogP contribution in [-0.2, 0) is 5.41 Å². The van der Waals surface area contributed by atoms with Gasteiger partial charge in [0.05, 0.1) is 27.5 Å². The minimum Gasteiger partial charge on any atom is -0.309 e. The molecule has 0 amide bonds. The Balaban J connectivity index is 0.876. The van der Waals surface area contributed by atoms with Gasteiger partial charge in [-0.1, -0.05) is 249 Å². The molecule has 3 heteroatoms. The molecule has 76 heavy (non-hydrogen) atoms. The van der Waals surface area contributed by atoms with Crippen LogP contribution < -0.4 is 20.7 Å². The molecule has 0 unspecified atom stereocenters. The van der Waals surface area contributed by atoms with E-state index in [1.54, 1.807) is 0 Å². The predicted molar refractivity (Wildman–Crippen MR) is 321 cm³/mol. The Kier molecular flexibility index (Phi) is 10.2. The fraction of sp³-hybridized carbons (Fsp3) is 0.0137. The molecule has 356 valence electrons. The van der Waals surface area contributed by atoms with Crippen LogP contribution in [0.1, 0.15) is 22.3 Å². The number of rotatable bonds is 9. The van der Waals surface area contributed by atoms with Crippen LogP contribution in [0.4, 0.5) is 0 Å². The van der Waals surface area contributed by atoms with E-state index in [1.807, 2.05) is 0 Å². The van der Waals surface area contributed by atoms with E-state index in [0.29, 0.717) is 0 Å². The Morgan fingerprint density at radius 1 is 0.263 bits per heavy atom. The first kappa shape index (κ1) is 44.0. The summed E-state index contributed by atoms with van der Waals surface area (Å²) in [6.07, 6.45) is 0. The topological polar surface area (TPSA) is 9.86 Å². The summed E-state index contributed by atoms with van der Waals surface area (Å²) in [6, 6.07) is 113. The average Bonchev–Trinajstić information content (AvgIpc) is 4.31. The second-order valence-corrected chi connectivity index (χ2v) is 24.1. The van der Waals surface area contributed by atoms with Crippen molar-refractivity contribution in [2.24, 2.45) is 0 Å². The summed E-state index contributed by atoms with van der Waals surface area (Å²) < 4.78 is 4.92. The van der Waals surface area contributed by atoms with Gasteiger partial charge in [0.1, 0.15) is 0 Å². The van der Waals surface area contributed by atoms with Gasteiger partial charge in [0.15, 0.2) is 8.07 Å². The zero-order valence-corrected chi connectivity index (χ0v) is 42.8. The number of nitrogens with zero attached hydrogens (tertiary/aromatic N) is 2. The predicted octanol–water partition coefficient (Wildman–Crippen LogP) is 15.3. The molecule has 15 rings (SSSR count). The summed E-state index contributed by atoms with van der Waals surface area (Å²) >= 11 is 0. The van der Waals surface area contributed by atoms with Crippen molar-refractivity contribution in [3.05, 3.63) is 326 Å². The Morgan fingerprint density at radius 3 is 1.25 bits per heavy atom. The highest BCUT2D eigenvalue weighted by Gasteiger charge is 2.47. The maximum absolute atomic E-state index is 2.68. The highest BCUT2D eigenvalue weighted by Crippen LogP contribution is 2.58. The van der Waals surface area contributed by atoms with Crippen molar-refractivity contribution in [1.82, 2.24) is 9.13 Å². The summed E-state index contributed by atoms with van der Waals surface area (Å²) in [4.78, 5) is 0. The van der Waals surface area contributed by atoms with E-state index < -0.39 is 13.5 Å². The number of aromatic nitrogens is 2. The van der Waals surface area contributed by atoms with Gasteiger partial charge < -0.3 is 9.13 Å². The maximum atomic E-state index is 2.47. The molecule has 1 aliphatic rings. The van der Waals surface area contributed by atoms with Crippen LogP contribution in [-0.4, -0.2) is 17.2 Å². The summed E-state index contributed by atoms with van der Waals surface area (Å²) in [5.74, 6) is 0. The number of hydrogen-bond donors (Lipinski definition) is 0. The molecule has 0 saturated carbocycles. The molecule has 0 N–H and O–H groups in total. The highest BCUT2D eigenvalue weighted by atomic mass is 28.3. The van der Waals surface area contributed by atoms with Gasteiger partial charge in [-0.3, -0.25) is 0 Å². The standard InChI is InChI=1S/C73H50N2Si/c1-6-23-52(24-7-1)73(53-25-8-2-9-26-53)66-37-19-16-35-63(66)72-60(36-22-38-67(72)73)51-41-47-70-64(49-51)61-33-17-21-40-69(61)75(70)55-44-48-71-65(50-55)62-34-18-20-39-68(62)74(71)54-42-45-59(46-43-54)76(56-27-10-3-11-28-56,57-29-12-4-13-30-57)58-31-14-5-15-32-58/h1-50H. The first-order valence-corrected chi connectivity index (χ1v) is 28.4. The van der Waals surface area contributed by atoms with E-state index in [4.69, 9.17) is 0 Å². The van der Waals surface area contributed by atoms with Gasteiger partial charge in [-0.05, 0) is 120 Å². The molecule has 0 saturated heterocycles. The van der Waals surface area contributed by atoms with Crippen molar-refractivity contribution in [3.8, 4) is 33.6 Å². The lowest BCUT2D eigenvalue weighted by Gasteiger charge is -2.34. The fourth-order valence-electron chi connectivity index (χ4n) is 13.5. The molecule has 0 fully saturated rings. The Labute approximate surface area is 443 Å². The van der Waals surface area contributed by atoms with Crippen molar-refractivity contribution >= 4 is 72.4 Å². The van der Waals surface area contributed by atoms with E-state index in [2.05, 4.69) is 312 Å². The van der Waals surface area contributed by atoms with Crippen molar-refractivity contribution < 1.29 is 0 Å². The molecule has 0 bridgehead atoms. The SMILES string of the molecule is c1ccc(C2(c3ccccc3)c3ccccc3-c3c(-c4ccc5c(c4)c4ccccc4n5-c4ccc5c(c4)c4ccccc4n5-c4ccc([Si](c5ccccc5)(c5ccccc5)c5ccccc5)cc4)cccc32)cc1. The van der Waals surface area contributed by atoms with E-state index >= 15 is 0 Å². The summed E-state index contributed by atoms with van der Waals surface area (Å²) in [7, 11) is -2.68. The minimum atomic E-state index is -2.68. The second-order valence-electron chi connectivity index (χ2n) is 20.3. The molecule has 2 heterocycles. The molecule has 2 aromatic heterocycles. The van der Waals surface area contributed by atoms with Crippen molar-refractivity contribution in [1.29, 1.82) is 0 Å². The zero-order chi connectivity index (χ0) is 50.2.